The van der Waals surface area contributed by atoms with Gasteiger partial charge in [0.2, 0.25) is 11.7 Å². The lowest BCUT2D eigenvalue weighted by atomic mass is 9.45. The first-order chi connectivity index (χ1) is 19.9. The van der Waals surface area contributed by atoms with Gasteiger partial charge in [-0.15, -0.1) is 0 Å². The van der Waals surface area contributed by atoms with E-state index >= 15 is 0 Å². The number of carbonyl (C=O) groups excluding carboxylic acids is 4. The van der Waals surface area contributed by atoms with Crippen LogP contribution in [0.25, 0.3) is 0 Å². The monoisotopic (exact) mass is 581 g/mol. The van der Waals surface area contributed by atoms with Crippen LogP contribution >= 0.6 is 0 Å². The van der Waals surface area contributed by atoms with Gasteiger partial charge in [-0.05, 0) is 85.5 Å². The molecule has 4 aliphatic rings. The number of aliphatic hydroxyl groups excluding tert-OH is 1. The number of hydrogen-bond acceptors (Lipinski definition) is 8. The number of rotatable bonds is 9. The number of aliphatic hydroxyl groups is 2. The van der Waals surface area contributed by atoms with Crippen LogP contribution in [-0.4, -0.2) is 59.1 Å². The molecule has 4 aliphatic carbocycles. The fourth-order valence-electron chi connectivity index (χ4n) is 8.74. The second-order valence-corrected chi connectivity index (χ2v) is 13.2. The van der Waals surface area contributed by atoms with E-state index in [-0.39, 0.29) is 60.5 Å². The highest BCUT2D eigenvalue weighted by Gasteiger charge is 2.68. The molecule has 1 amide bonds. The number of carbonyl (C=O) groups is 4. The van der Waals surface area contributed by atoms with Crippen molar-refractivity contribution in [2.75, 3.05) is 13.7 Å². The number of ketones is 2. The molecule has 0 spiro atoms. The van der Waals surface area contributed by atoms with E-state index in [0.29, 0.717) is 19.4 Å². The molecule has 0 heterocycles. The Morgan fingerprint density at radius 3 is 2.50 bits per heavy atom. The van der Waals surface area contributed by atoms with Crippen LogP contribution in [0.15, 0.2) is 35.9 Å². The zero-order chi connectivity index (χ0) is 30.3. The molecular weight excluding hydrogens is 538 g/mol. The van der Waals surface area contributed by atoms with Crippen molar-refractivity contribution in [1.82, 2.24) is 5.32 Å². The molecular formula is C33H43NO8. The molecule has 0 saturated heterocycles. The van der Waals surface area contributed by atoms with Crippen molar-refractivity contribution in [1.29, 1.82) is 0 Å². The van der Waals surface area contributed by atoms with E-state index in [9.17, 15) is 29.4 Å². The SMILES string of the molecule is COc1ccc(CNC(=O)CCC(=O)OCC(=O)[C@@]2(O)CC[C@@H]3[C@@H]4CCC5=CC(=O)CC[C@]5(C)[C@H]4[C@H](O)C[C@]32C)cc1. The normalized spacial score (nSPS) is 35.3. The van der Waals surface area contributed by atoms with Crippen molar-refractivity contribution in [3.05, 3.63) is 41.5 Å². The van der Waals surface area contributed by atoms with E-state index in [1.165, 1.54) is 0 Å². The van der Waals surface area contributed by atoms with Crippen LogP contribution in [0.5, 0.6) is 5.75 Å². The molecule has 5 rings (SSSR count). The van der Waals surface area contributed by atoms with Crippen molar-refractivity contribution in [3.63, 3.8) is 0 Å². The second kappa shape index (κ2) is 11.6. The number of allylic oxidation sites excluding steroid dienone is 1. The lowest BCUT2D eigenvalue weighted by Gasteiger charge is -2.60. The first-order valence-corrected chi connectivity index (χ1v) is 15.1. The number of ether oxygens (including phenoxy) is 2. The molecule has 0 bridgehead atoms. The topological polar surface area (TPSA) is 139 Å². The Balaban J connectivity index is 1.15. The van der Waals surface area contributed by atoms with E-state index in [4.69, 9.17) is 9.47 Å². The maximum absolute atomic E-state index is 13.4. The van der Waals surface area contributed by atoms with E-state index in [1.807, 2.05) is 19.1 Å². The Kier molecular flexibility index (Phi) is 8.38. The number of hydrogen-bond donors (Lipinski definition) is 3. The molecule has 0 aromatic heterocycles. The minimum atomic E-state index is -1.71. The smallest absolute Gasteiger partial charge is 0.306 e. The third-order valence-electron chi connectivity index (χ3n) is 11.1. The van der Waals surface area contributed by atoms with E-state index in [1.54, 1.807) is 25.3 Å². The summed E-state index contributed by atoms with van der Waals surface area (Å²) in [6.45, 7) is 3.81. The first-order valence-electron chi connectivity index (χ1n) is 15.1. The summed E-state index contributed by atoms with van der Waals surface area (Å²) in [5, 5.41) is 26.1. The minimum Gasteiger partial charge on any atom is -0.497 e. The number of Topliss-reactive ketones (excluding diaryl/α,β-unsaturated/α-hetero) is 1. The van der Waals surface area contributed by atoms with Crippen molar-refractivity contribution >= 4 is 23.4 Å². The Hall–Kier alpha value is -3.04. The van der Waals surface area contributed by atoms with Gasteiger partial charge in [0.1, 0.15) is 11.4 Å². The van der Waals surface area contributed by atoms with Gasteiger partial charge >= 0.3 is 5.97 Å². The summed E-state index contributed by atoms with van der Waals surface area (Å²) in [6.07, 6.45) is 4.81. The summed E-state index contributed by atoms with van der Waals surface area (Å²) in [6, 6.07) is 7.27. The van der Waals surface area contributed by atoms with Crippen LogP contribution in [0.2, 0.25) is 0 Å². The third-order valence-corrected chi connectivity index (χ3v) is 11.1. The molecule has 1 aromatic rings. The highest BCUT2D eigenvalue weighted by Crippen LogP contribution is 2.67. The lowest BCUT2D eigenvalue weighted by Crippen LogP contribution is -2.62. The zero-order valence-corrected chi connectivity index (χ0v) is 24.8. The summed E-state index contributed by atoms with van der Waals surface area (Å²) in [4.78, 5) is 50.1. The van der Waals surface area contributed by atoms with Crippen molar-refractivity contribution in [2.45, 2.75) is 89.9 Å². The molecule has 0 radical (unpaired) electrons. The molecule has 3 N–H and O–H groups in total. The van der Waals surface area contributed by atoms with Gasteiger partial charge in [-0.2, -0.15) is 0 Å². The molecule has 1 aromatic carbocycles. The largest absolute Gasteiger partial charge is 0.497 e. The molecule has 0 unspecified atom stereocenters. The quantitative estimate of drug-likeness (QED) is 0.377. The van der Waals surface area contributed by atoms with E-state index < -0.39 is 35.5 Å². The summed E-state index contributed by atoms with van der Waals surface area (Å²) in [5.41, 5.74) is -0.784. The standard InChI is InChI=1S/C33H43NO8/c1-31-14-12-22(35)16-21(31)6-9-24-25-13-15-33(40,32(25,2)17-26(36)30(24)31)27(37)19-42-29(39)11-10-28(38)34-18-20-4-7-23(41-3)8-5-20/h4-5,7-8,16,24-26,30,36,40H,6,9-15,17-19H2,1-3H3,(H,34,38)/t24-,25+,26+,30+,31-,32+,33-/m0/s1. The predicted molar refractivity (Wildman–Crippen MR) is 153 cm³/mol. The van der Waals surface area contributed by atoms with Crippen LogP contribution in [0, 0.1) is 28.6 Å². The summed E-state index contributed by atoms with van der Waals surface area (Å²) < 4.78 is 10.3. The van der Waals surface area contributed by atoms with Gasteiger partial charge in [0.25, 0.3) is 0 Å². The highest BCUT2D eigenvalue weighted by atomic mass is 16.5. The molecule has 0 aliphatic heterocycles. The van der Waals surface area contributed by atoms with Gasteiger partial charge in [-0.25, -0.2) is 0 Å². The summed E-state index contributed by atoms with van der Waals surface area (Å²) in [5.74, 6) is -0.518. The van der Waals surface area contributed by atoms with Gasteiger partial charge in [-0.3, -0.25) is 19.2 Å². The average Bonchev–Trinajstić information content (AvgIpc) is 3.24. The summed E-state index contributed by atoms with van der Waals surface area (Å²) in [7, 11) is 1.58. The van der Waals surface area contributed by atoms with E-state index in [0.717, 1.165) is 36.1 Å². The first kappa shape index (κ1) is 30.4. The number of fused-ring (bicyclic) bond motifs is 5. The highest BCUT2D eigenvalue weighted by molar-refractivity contribution is 5.92. The Morgan fingerprint density at radius 1 is 1.05 bits per heavy atom. The van der Waals surface area contributed by atoms with Gasteiger partial charge in [0.15, 0.2) is 12.4 Å². The Bertz CT molecular complexity index is 1270. The predicted octanol–water partition coefficient (Wildman–Crippen LogP) is 3.44. The van der Waals surface area contributed by atoms with Gasteiger partial charge < -0.3 is 25.0 Å². The zero-order valence-electron chi connectivity index (χ0n) is 24.8. The maximum Gasteiger partial charge on any atom is 0.306 e. The summed E-state index contributed by atoms with van der Waals surface area (Å²) >= 11 is 0. The molecule has 3 saturated carbocycles. The number of amides is 1. The van der Waals surface area contributed by atoms with Crippen LogP contribution in [0.1, 0.15) is 77.2 Å². The van der Waals surface area contributed by atoms with Crippen molar-refractivity contribution in [3.8, 4) is 5.75 Å². The van der Waals surface area contributed by atoms with Gasteiger partial charge in [-0.1, -0.05) is 31.6 Å². The second-order valence-electron chi connectivity index (χ2n) is 13.2. The number of methoxy groups -OCH3 is 1. The van der Waals surface area contributed by atoms with Crippen molar-refractivity contribution in [2.24, 2.45) is 28.6 Å². The van der Waals surface area contributed by atoms with Crippen LogP contribution in [0.3, 0.4) is 0 Å². The Labute approximate surface area is 247 Å². The number of nitrogens with one attached hydrogen (secondary N) is 1. The van der Waals surface area contributed by atoms with Crippen molar-refractivity contribution < 1.29 is 38.9 Å². The number of benzene rings is 1. The third kappa shape index (κ3) is 5.30. The molecule has 9 heteroatoms. The maximum atomic E-state index is 13.4. The molecule has 228 valence electrons. The number of esters is 1. The van der Waals surface area contributed by atoms with Crippen LogP contribution < -0.4 is 10.1 Å². The van der Waals surface area contributed by atoms with Crippen LogP contribution in [-0.2, 0) is 30.5 Å². The molecule has 9 nitrogen and oxygen atoms in total. The molecule has 3 fully saturated rings. The average molecular weight is 582 g/mol. The van der Waals surface area contributed by atoms with Gasteiger partial charge in [0, 0.05) is 24.8 Å². The lowest BCUT2D eigenvalue weighted by molar-refractivity contribution is -0.184. The minimum absolute atomic E-state index is 0.0187. The Morgan fingerprint density at radius 2 is 1.79 bits per heavy atom. The molecule has 42 heavy (non-hydrogen) atoms. The fraction of sp³-hybridized carbons (Fsp3) is 0.636. The molecule has 7 atom stereocenters. The van der Waals surface area contributed by atoms with Crippen LogP contribution in [0.4, 0.5) is 0 Å². The fourth-order valence-corrected chi connectivity index (χ4v) is 8.74. The van der Waals surface area contributed by atoms with Gasteiger partial charge in [0.05, 0.1) is 19.6 Å². The van der Waals surface area contributed by atoms with E-state index in [2.05, 4.69) is 12.2 Å².